The van der Waals surface area contributed by atoms with Gasteiger partial charge in [0.15, 0.2) is 0 Å². The maximum Gasteiger partial charge on any atom is 0.110 e. The average Bonchev–Trinajstić information content (AvgIpc) is 2.75. The Morgan fingerprint density at radius 2 is 2.20 bits per heavy atom. The van der Waals surface area contributed by atoms with Crippen molar-refractivity contribution in [2.75, 3.05) is 13.6 Å². The van der Waals surface area contributed by atoms with Gasteiger partial charge in [0.2, 0.25) is 0 Å². The van der Waals surface area contributed by atoms with Crippen molar-refractivity contribution >= 4 is 0 Å². The SMILES string of the molecule is CNCCc1nccn1C1CCCCC1. The summed E-state index contributed by atoms with van der Waals surface area (Å²) in [6, 6.07) is 0.716. The Bertz CT molecular complexity index is 287. The molecular formula is C12H21N3. The molecule has 0 aliphatic heterocycles. The molecule has 0 amide bonds. The van der Waals surface area contributed by atoms with Crippen molar-refractivity contribution in [3.63, 3.8) is 0 Å². The molecule has 0 saturated heterocycles. The Balaban J connectivity index is 2.02. The highest BCUT2D eigenvalue weighted by molar-refractivity contribution is 4.96. The number of aromatic nitrogens is 2. The fourth-order valence-corrected chi connectivity index (χ4v) is 2.47. The second kappa shape index (κ2) is 5.31. The fraction of sp³-hybridized carbons (Fsp3) is 0.750. The number of hydrogen-bond donors (Lipinski definition) is 1. The van der Waals surface area contributed by atoms with Gasteiger partial charge in [-0.2, -0.15) is 0 Å². The van der Waals surface area contributed by atoms with Gasteiger partial charge in [0, 0.05) is 31.4 Å². The summed E-state index contributed by atoms with van der Waals surface area (Å²) >= 11 is 0. The van der Waals surface area contributed by atoms with Crippen LogP contribution in [-0.4, -0.2) is 23.1 Å². The van der Waals surface area contributed by atoms with Gasteiger partial charge in [-0.1, -0.05) is 19.3 Å². The van der Waals surface area contributed by atoms with Crippen molar-refractivity contribution in [1.82, 2.24) is 14.9 Å². The van der Waals surface area contributed by atoms with Gasteiger partial charge in [-0.25, -0.2) is 4.98 Å². The minimum absolute atomic E-state index is 0.716. The van der Waals surface area contributed by atoms with Crippen LogP contribution in [0.25, 0.3) is 0 Å². The number of nitrogens with zero attached hydrogens (tertiary/aromatic N) is 2. The first kappa shape index (κ1) is 10.7. The van der Waals surface area contributed by atoms with E-state index in [1.54, 1.807) is 0 Å². The van der Waals surface area contributed by atoms with Crippen molar-refractivity contribution in [1.29, 1.82) is 0 Å². The molecule has 1 aliphatic carbocycles. The van der Waals surface area contributed by atoms with E-state index in [9.17, 15) is 0 Å². The van der Waals surface area contributed by atoms with Crippen LogP contribution in [0.3, 0.4) is 0 Å². The van der Waals surface area contributed by atoms with Crippen molar-refractivity contribution in [3.8, 4) is 0 Å². The maximum absolute atomic E-state index is 4.45. The Morgan fingerprint density at radius 3 is 2.93 bits per heavy atom. The van der Waals surface area contributed by atoms with Crippen molar-refractivity contribution in [3.05, 3.63) is 18.2 Å². The molecule has 15 heavy (non-hydrogen) atoms. The fourth-order valence-electron chi connectivity index (χ4n) is 2.47. The van der Waals surface area contributed by atoms with Crippen LogP contribution < -0.4 is 5.32 Å². The third-order valence-electron chi connectivity index (χ3n) is 3.32. The van der Waals surface area contributed by atoms with Gasteiger partial charge < -0.3 is 9.88 Å². The van der Waals surface area contributed by atoms with Crippen molar-refractivity contribution < 1.29 is 0 Å². The van der Waals surface area contributed by atoms with E-state index in [0.29, 0.717) is 6.04 Å². The average molecular weight is 207 g/mol. The lowest BCUT2D eigenvalue weighted by Gasteiger charge is -2.24. The lowest BCUT2D eigenvalue weighted by atomic mass is 9.95. The van der Waals surface area contributed by atoms with E-state index in [1.807, 2.05) is 13.2 Å². The van der Waals surface area contributed by atoms with Crippen LogP contribution in [-0.2, 0) is 6.42 Å². The number of likely N-dealkylation sites (N-methyl/N-ethyl adjacent to an activating group) is 1. The third kappa shape index (κ3) is 2.59. The molecule has 0 unspecified atom stereocenters. The normalized spacial score (nSPS) is 18.2. The quantitative estimate of drug-likeness (QED) is 0.820. The Kier molecular flexibility index (Phi) is 3.78. The third-order valence-corrected chi connectivity index (χ3v) is 3.32. The summed E-state index contributed by atoms with van der Waals surface area (Å²) in [4.78, 5) is 4.45. The Morgan fingerprint density at radius 1 is 1.40 bits per heavy atom. The summed E-state index contributed by atoms with van der Waals surface area (Å²) < 4.78 is 2.40. The molecule has 1 N–H and O–H groups in total. The van der Waals surface area contributed by atoms with E-state index < -0.39 is 0 Å². The van der Waals surface area contributed by atoms with Crippen molar-refractivity contribution in [2.45, 2.75) is 44.6 Å². The summed E-state index contributed by atoms with van der Waals surface area (Å²) in [6.07, 6.45) is 12.0. The van der Waals surface area contributed by atoms with E-state index in [0.717, 1.165) is 13.0 Å². The van der Waals surface area contributed by atoms with Crippen LogP contribution in [0.5, 0.6) is 0 Å². The summed E-state index contributed by atoms with van der Waals surface area (Å²) in [5.74, 6) is 1.25. The first-order valence-corrected chi connectivity index (χ1v) is 6.08. The molecule has 84 valence electrons. The molecule has 1 fully saturated rings. The predicted octanol–water partition coefficient (Wildman–Crippen LogP) is 2.15. The zero-order chi connectivity index (χ0) is 10.5. The largest absolute Gasteiger partial charge is 0.332 e. The molecule has 1 aliphatic rings. The highest BCUT2D eigenvalue weighted by atomic mass is 15.1. The topological polar surface area (TPSA) is 29.9 Å². The van der Waals surface area contributed by atoms with E-state index in [1.165, 1.54) is 37.9 Å². The van der Waals surface area contributed by atoms with Gasteiger partial charge in [0.25, 0.3) is 0 Å². The smallest absolute Gasteiger partial charge is 0.110 e. The number of hydrogen-bond acceptors (Lipinski definition) is 2. The molecule has 1 aromatic heterocycles. The minimum Gasteiger partial charge on any atom is -0.332 e. The van der Waals surface area contributed by atoms with Gasteiger partial charge >= 0.3 is 0 Å². The molecule has 3 heteroatoms. The highest BCUT2D eigenvalue weighted by Gasteiger charge is 2.17. The van der Waals surface area contributed by atoms with Crippen LogP contribution in [0.15, 0.2) is 12.4 Å². The molecule has 0 atom stereocenters. The molecule has 0 bridgehead atoms. The van der Waals surface area contributed by atoms with E-state index in [4.69, 9.17) is 0 Å². The monoisotopic (exact) mass is 207 g/mol. The summed E-state index contributed by atoms with van der Waals surface area (Å²) in [5.41, 5.74) is 0. The first-order valence-electron chi connectivity index (χ1n) is 6.08. The molecular weight excluding hydrogens is 186 g/mol. The number of nitrogens with one attached hydrogen (secondary N) is 1. The number of rotatable bonds is 4. The van der Waals surface area contributed by atoms with Crippen LogP contribution in [0.1, 0.15) is 44.0 Å². The molecule has 0 aromatic carbocycles. The molecule has 0 spiro atoms. The molecule has 1 aromatic rings. The Hall–Kier alpha value is -0.830. The van der Waals surface area contributed by atoms with Crippen LogP contribution in [0.2, 0.25) is 0 Å². The Labute approximate surface area is 91.9 Å². The molecule has 1 heterocycles. The predicted molar refractivity (Wildman–Crippen MR) is 62.0 cm³/mol. The summed E-state index contributed by atoms with van der Waals surface area (Å²) in [7, 11) is 1.99. The lowest BCUT2D eigenvalue weighted by molar-refractivity contribution is 0.345. The zero-order valence-electron chi connectivity index (χ0n) is 9.58. The highest BCUT2D eigenvalue weighted by Crippen LogP contribution is 2.28. The minimum atomic E-state index is 0.716. The van der Waals surface area contributed by atoms with E-state index >= 15 is 0 Å². The molecule has 1 saturated carbocycles. The van der Waals surface area contributed by atoms with Gasteiger partial charge in [-0.3, -0.25) is 0 Å². The number of imidazole rings is 1. The maximum atomic E-state index is 4.45. The molecule has 0 radical (unpaired) electrons. The van der Waals surface area contributed by atoms with E-state index in [-0.39, 0.29) is 0 Å². The summed E-state index contributed by atoms with van der Waals surface area (Å²) in [5, 5.41) is 3.18. The summed E-state index contributed by atoms with van der Waals surface area (Å²) in [6.45, 7) is 1.02. The molecule has 2 rings (SSSR count). The zero-order valence-corrected chi connectivity index (χ0v) is 9.58. The van der Waals surface area contributed by atoms with Gasteiger partial charge in [-0.15, -0.1) is 0 Å². The second-order valence-corrected chi connectivity index (χ2v) is 4.40. The van der Waals surface area contributed by atoms with Crippen LogP contribution >= 0.6 is 0 Å². The van der Waals surface area contributed by atoms with E-state index in [2.05, 4.69) is 21.1 Å². The van der Waals surface area contributed by atoms with Crippen LogP contribution in [0, 0.1) is 0 Å². The van der Waals surface area contributed by atoms with Gasteiger partial charge in [0.1, 0.15) is 5.82 Å². The first-order chi connectivity index (χ1) is 7.42. The standard InChI is InChI=1S/C12H21N3/c1-13-8-7-12-14-9-10-15(12)11-5-3-2-4-6-11/h9-11,13H,2-8H2,1H3. The van der Waals surface area contributed by atoms with Gasteiger partial charge in [-0.05, 0) is 19.9 Å². The lowest BCUT2D eigenvalue weighted by Crippen LogP contribution is -2.18. The molecule has 3 nitrogen and oxygen atoms in total. The second-order valence-electron chi connectivity index (χ2n) is 4.40. The van der Waals surface area contributed by atoms with Gasteiger partial charge in [0.05, 0.1) is 0 Å². The van der Waals surface area contributed by atoms with Crippen LogP contribution in [0.4, 0.5) is 0 Å². The van der Waals surface area contributed by atoms with Crippen molar-refractivity contribution in [2.24, 2.45) is 0 Å².